The molecule has 0 bridgehead atoms. The van der Waals surface area contributed by atoms with Crippen molar-refractivity contribution >= 4 is 11.6 Å². The second-order valence-corrected chi connectivity index (χ2v) is 7.18. The first kappa shape index (κ1) is 16.0. The first-order chi connectivity index (χ1) is 9.88. The molecule has 1 saturated carbocycles. The molecule has 1 aliphatic rings. The molecule has 21 heavy (non-hydrogen) atoms. The third kappa shape index (κ3) is 3.84. The number of rotatable bonds is 5. The van der Waals surface area contributed by atoms with Gasteiger partial charge in [-0.25, -0.2) is 9.97 Å². The van der Waals surface area contributed by atoms with E-state index in [0.29, 0.717) is 0 Å². The second-order valence-electron chi connectivity index (χ2n) is 7.18. The summed E-state index contributed by atoms with van der Waals surface area (Å²) < 4.78 is 0. The molecule has 5 heteroatoms. The molecule has 1 aromatic rings. The summed E-state index contributed by atoms with van der Waals surface area (Å²) in [6, 6.07) is 1.93. The van der Waals surface area contributed by atoms with Gasteiger partial charge in [0.2, 0.25) is 0 Å². The van der Waals surface area contributed by atoms with Crippen LogP contribution >= 0.6 is 0 Å². The molecule has 0 radical (unpaired) electrons. The number of hydrogen-bond acceptors (Lipinski definition) is 5. The van der Waals surface area contributed by atoms with Crippen LogP contribution in [-0.4, -0.2) is 35.3 Å². The van der Waals surface area contributed by atoms with E-state index in [1.54, 1.807) is 0 Å². The van der Waals surface area contributed by atoms with Crippen LogP contribution in [0.1, 0.15) is 52.3 Å². The number of anilines is 2. The molecule has 118 valence electrons. The molecular weight excluding hydrogens is 264 g/mol. The molecule has 1 aliphatic carbocycles. The Kier molecular flexibility index (Phi) is 4.71. The monoisotopic (exact) mass is 292 g/mol. The van der Waals surface area contributed by atoms with E-state index in [1.165, 1.54) is 12.8 Å². The van der Waals surface area contributed by atoms with Crippen LogP contribution in [0.25, 0.3) is 0 Å². The third-order valence-electron chi connectivity index (χ3n) is 4.30. The van der Waals surface area contributed by atoms with Crippen LogP contribution in [0.4, 0.5) is 11.6 Å². The Morgan fingerprint density at radius 2 is 1.81 bits per heavy atom. The SMILES string of the molecule is CNc1cc(NCC2(CO)CCCC2)nc(C(C)(C)C)n1. The highest BCUT2D eigenvalue weighted by molar-refractivity contribution is 5.48. The van der Waals surface area contributed by atoms with Gasteiger partial charge < -0.3 is 15.7 Å². The summed E-state index contributed by atoms with van der Waals surface area (Å²) in [5, 5.41) is 16.2. The van der Waals surface area contributed by atoms with Crippen LogP contribution in [0, 0.1) is 5.41 Å². The van der Waals surface area contributed by atoms with Crippen molar-refractivity contribution in [3.63, 3.8) is 0 Å². The van der Waals surface area contributed by atoms with Crippen molar-refractivity contribution in [1.82, 2.24) is 9.97 Å². The number of hydrogen-bond donors (Lipinski definition) is 3. The highest BCUT2D eigenvalue weighted by Gasteiger charge is 2.33. The van der Waals surface area contributed by atoms with Crippen molar-refractivity contribution in [2.75, 3.05) is 30.8 Å². The van der Waals surface area contributed by atoms with Gasteiger partial charge in [0, 0.05) is 30.5 Å². The van der Waals surface area contributed by atoms with E-state index >= 15 is 0 Å². The fourth-order valence-corrected chi connectivity index (χ4v) is 2.80. The zero-order valence-electron chi connectivity index (χ0n) is 13.7. The van der Waals surface area contributed by atoms with Crippen molar-refractivity contribution in [1.29, 1.82) is 0 Å². The van der Waals surface area contributed by atoms with E-state index in [1.807, 2.05) is 13.1 Å². The third-order valence-corrected chi connectivity index (χ3v) is 4.30. The quantitative estimate of drug-likeness (QED) is 0.778. The molecule has 0 unspecified atom stereocenters. The number of aliphatic hydroxyl groups excluding tert-OH is 1. The molecule has 0 spiro atoms. The van der Waals surface area contributed by atoms with Gasteiger partial charge in [-0.1, -0.05) is 33.6 Å². The second kappa shape index (κ2) is 6.18. The maximum absolute atomic E-state index is 9.69. The average Bonchev–Trinajstić information content (AvgIpc) is 2.93. The number of aromatic nitrogens is 2. The lowest BCUT2D eigenvalue weighted by atomic mass is 9.87. The smallest absolute Gasteiger partial charge is 0.138 e. The first-order valence-electron chi connectivity index (χ1n) is 7.81. The summed E-state index contributed by atoms with van der Waals surface area (Å²) in [6.07, 6.45) is 4.60. The maximum Gasteiger partial charge on any atom is 0.138 e. The minimum absolute atomic E-state index is 0.0205. The minimum atomic E-state index is -0.0920. The molecule has 0 atom stereocenters. The van der Waals surface area contributed by atoms with Gasteiger partial charge in [-0.2, -0.15) is 0 Å². The molecule has 1 heterocycles. The molecule has 0 aliphatic heterocycles. The molecule has 3 N–H and O–H groups in total. The average molecular weight is 292 g/mol. The van der Waals surface area contributed by atoms with E-state index in [4.69, 9.17) is 0 Å². The maximum atomic E-state index is 9.69. The van der Waals surface area contributed by atoms with Gasteiger partial charge in [-0.3, -0.25) is 0 Å². The largest absolute Gasteiger partial charge is 0.396 e. The van der Waals surface area contributed by atoms with Gasteiger partial charge in [0.05, 0.1) is 6.61 Å². The van der Waals surface area contributed by atoms with Crippen LogP contribution in [0.3, 0.4) is 0 Å². The Morgan fingerprint density at radius 1 is 1.19 bits per heavy atom. The van der Waals surface area contributed by atoms with Crippen molar-refractivity contribution in [2.24, 2.45) is 5.41 Å². The molecule has 5 nitrogen and oxygen atoms in total. The lowest BCUT2D eigenvalue weighted by Crippen LogP contribution is -2.31. The molecule has 0 amide bonds. The standard InChI is InChI=1S/C16H28N4O/c1-15(2,3)14-19-12(17-4)9-13(20-14)18-10-16(11-21)7-5-6-8-16/h9,21H,5-8,10-11H2,1-4H3,(H2,17,18,19,20). The summed E-state index contributed by atoms with van der Waals surface area (Å²) in [4.78, 5) is 9.16. The van der Waals surface area contributed by atoms with Crippen molar-refractivity contribution < 1.29 is 5.11 Å². The zero-order chi connectivity index (χ0) is 15.5. The van der Waals surface area contributed by atoms with Gasteiger partial charge in [-0.15, -0.1) is 0 Å². The van der Waals surface area contributed by atoms with Gasteiger partial charge in [-0.05, 0) is 12.8 Å². The highest BCUT2D eigenvalue weighted by atomic mass is 16.3. The number of nitrogens with one attached hydrogen (secondary N) is 2. The number of aliphatic hydroxyl groups is 1. The molecule has 1 fully saturated rings. The van der Waals surface area contributed by atoms with Gasteiger partial charge in [0.1, 0.15) is 17.5 Å². The van der Waals surface area contributed by atoms with Crippen LogP contribution in [0.15, 0.2) is 6.07 Å². The fraction of sp³-hybridized carbons (Fsp3) is 0.750. The molecule has 0 aromatic carbocycles. The van der Waals surface area contributed by atoms with Gasteiger partial charge in [0.25, 0.3) is 0 Å². The Bertz CT molecular complexity index is 476. The Hall–Kier alpha value is -1.36. The van der Waals surface area contributed by atoms with E-state index in [-0.39, 0.29) is 17.4 Å². The van der Waals surface area contributed by atoms with E-state index in [2.05, 4.69) is 41.4 Å². The molecule has 2 rings (SSSR count). The van der Waals surface area contributed by atoms with Crippen LogP contribution in [-0.2, 0) is 5.41 Å². The van der Waals surface area contributed by atoms with E-state index < -0.39 is 0 Å². The van der Waals surface area contributed by atoms with Crippen LogP contribution < -0.4 is 10.6 Å². The van der Waals surface area contributed by atoms with Gasteiger partial charge >= 0.3 is 0 Å². The van der Waals surface area contributed by atoms with E-state index in [0.717, 1.165) is 36.8 Å². The topological polar surface area (TPSA) is 70.1 Å². The summed E-state index contributed by atoms with van der Waals surface area (Å²) in [5.41, 5.74) is -0.0715. The number of nitrogens with zero attached hydrogens (tertiary/aromatic N) is 2. The summed E-state index contributed by atoms with van der Waals surface area (Å²) >= 11 is 0. The summed E-state index contributed by atoms with van der Waals surface area (Å²) in [5.74, 6) is 2.47. The highest BCUT2D eigenvalue weighted by Crippen LogP contribution is 2.37. The van der Waals surface area contributed by atoms with Crippen LogP contribution in [0.5, 0.6) is 0 Å². The van der Waals surface area contributed by atoms with Crippen molar-refractivity contribution in [3.8, 4) is 0 Å². The normalized spacial score (nSPS) is 17.8. The summed E-state index contributed by atoms with van der Waals surface area (Å²) in [6.45, 7) is 7.34. The predicted molar refractivity (Wildman–Crippen MR) is 86.8 cm³/mol. The Balaban J connectivity index is 2.15. The molecular formula is C16H28N4O. The zero-order valence-corrected chi connectivity index (χ0v) is 13.7. The fourth-order valence-electron chi connectivity index (χ4n) is 2.80. The van der Waals surface area contributed by atoms with E-state index in [9.17, 15) is 5.11 Å². The van der Waals surface area contributed by atoms with Crippen molar-refractivity contribution in [2.45, 2.75) is 51.9 Å². The minimum Gasteiger partial charge on any atom is -0.396 e. The lowest BCUT2D eigenvalue weighted by Gasteiger charge is -2.27. The summed E-state index contributed by atoms with van der Waals surface area (Å²) in [7, 11) is 1.87. The molecule has 0 saturated heterocycles. The Labute approximate surface area is 127 Å². The lowest BCUT2D eigenvalue weighted by molar-refractivity contribution is 0.142. The van der Waals surface area contributed by atoms with Gasteiger partial charge in [0.15, 0.2) is 0 Å². The van der Waals surface area contributed by atoms with Crippen LogP contribution in [0.2, 0.25) is 0 Å². The predicted octanol–water partition coefficient (Wildman–Crippen LogP) is 2.78. The molecule has 1 aromatic heterocycles. The van der Waals surface area contributed by atoms with Crippen molar-refractivity contribution in [3.05, 3.63) is 11.9 Å². The first-order valence-corrected chi connectivity index (χ1v) is 7.81. The Morgan fingerprint density at radius 3 is 2.33 bits per heavy atom.